The molecule has 1 aromatic heterocycles. The predicted octanol–water partition coefficient (Wildman–Crippen LogP) is 0.580. The second-order valence-corrected chi connectivity index (χ2v) is 8.31. The molecule has 2 N–H and O–H groups in total. The topological polar surface area (TPSA) is 94.2 Å². The van der Waals surface area contributed by atoms with E-state index >= 15 is 0 Å². The quantitative estimate of drug-likeness (QED) is 0.719. The number of aromatic nitrogens is 3. The van der Waals surface area contributed by atoms with Gasteiger partial charge in [0.05, 0.1) is 11.9 Å². The van der Waals surface area contributed by atoms with Gasteiger partial charge in [-0.25, -0.2) is 0 Å². The third-order valence-corrected chi connectivity index (χ3v) is 6.21. The average Bonchev–Trinajstić information content (AvgIpc) is 3.09. The molecule has 2 heterocycles. The van der Waals surface area contributed by atoms with E-state index in [1.54, 1.807) is 13.2 Å². The maximum Gasteiger partial charge on any atom is 0.279 e. The first-order valence-corrected chi connectivity index (χ1v) is 9.59. The van der Waals surface area contributed by atoms with Crippen molar-refractivity contribution >= 4 is 10.2 Å². The van der Waals surface area contributed by atoms with E-state index in [4.69, 9.17) is 0 Å². The van der Waals surface area contributed by atoms with Crippen LogP contribution in [0.3, 0.4) is 0 Å². The van der Waals surface area contributed by atoms with E-state index in [0.717, 1.165) is 25.1 Å². The van der Waals surface area contributed by atoms with E-state index in [9.17, 15) is 8.42 Å². The molecule has 1 aliphatic rings. The molecule has 8 nitrogen and oxygen atoms in total. The molecule has 1 saturated heterocycles. The fourth-order valence-corrected chi connectivity index (χ4v) is 4.34. The van der Waals surface area contributed by atoms with Gasteiger partial charge in [-0.15, -0.1) is 0 Å². The van der Waals surface area contributed by atoms with Crippen LogP contribution in [0.25, 0.3) is 0 Å². The van der Waals surface area contributed by atoms with Crippen molar-refractivity contribution in [2.75, 3.05) is 20.1 Å². The zero-order valence-electron chi connectivity index (χ0n) is 14.4. The lowest BCUT2D eigenvalue weighted by molar-refractivity contribution is 0.308. The second kappa shape index (κ2) is 7.69. The predicted molar refractivity (Wildman–Crippen MR) is 88.8 cm³/mol. The van der Waals surface area contributed by atoms with Gasteiger partial charge in [0.15, 0.2) is 0 Å². The van der Waals surface area contributed by atoms with E-state index < -0.39 is 10.2 Å². The summed E-state index contributed by atoms with van der Waals surface area (Å²) in [5, 5.41) is 10.5. The smallest absolute Gasteiger partial charge is 0.279 e. The van der Waals surface area contributed by atoms with Crippen LogP contribution in [-0.2, 0) is 16.8 Å². The normalized spacial score (nSPS) is 23.2. The van der Waals surface area contributed by atoms with Gasteiger partial charge < -0.3 is 0 Å². The van der Waals surface area contributed by atoms with Gasteiger partial charge in [0.1, 0.15) is 0 Å². The van der Waals surface area contributed by atoms with Gasteiger partial charge in [-0.3, -0.25) is 4.90 Å². The van der Waals surface area contributed by atoms with Crippen LogP contribution in [0.5, 0.6) is 0 Å². The Bertz CT molecular complexity index is 574. The molecule has 0 radical (unpaired) electrons. The number of aromatic amines is 1. The summed E-state index contributed by atoms with van der Waals surface area (Å²) in [6.45, 7) is 8.13. The minimum atomic E-state index is -3.46. The Hall–Kier alpha value is -1.03. The van der Waals surface area contributed by atoms with E-state index in [-0.39, 0.29) is 12.1 Å². The Kier molecular flexibility index (Phi) is 6.12. The maximum absolute atomic E-state index is 12.5. The van der Waals surface area contributed by atoms with Gasteiger partial charge >= 0.3 is 0 Å². The summed E-state index contributed by atoms with van der Waals surface area (Å²) in [4.78, 5) is 2.24. The lowest BCUT2D eigenvalue weighted by atomic mass is 9.99. The monoisotopic (exact) mass is 344 g/mol. The fourth-order valence-electron chi connectivity index (χ4n) is 2.97. The largest absolute Gasteiger partial charge is 0.295 e. The molecule has 1 aliphatic heterocycles. The fraction of sp³-hybridized carbons (Fsp3) is 0.857. The van der Waals surface area contributed by atoms with Crippen LogP contribution < -0.4 is 4.72 Å². The average molecular weight is 344 g/mol. The molecule has 9 heteroatoms. The molecule has 2 rings (SSSR count). The number of nitrogens with zero attached hydrogens (tertiary/aromatic N) is 4. The zero-order chi connectivity index (χ0) is 17.0. The highest BCUT2D eigenvalue weighted by Gasteiger charge is 2.36. The van der Waals surface area contributed by atoms with Crippen molar-refractivity contribution in [2.24, 2.45) is 5.92 Å². The first-order chi connectivity index (χ1) is 10.8. The minimum absolute atomic E-state index is 0.0620. The van der Waals surface area contributed by atoms with Crippen molar-refractivity contribution in [3.8, 4) is 0 Å². The zero-order valence-corrected chi connectivity index (χ0v) is 15.2. The summed E-state index contributed by atoms with van der Waals surface area (Å²) < 4.78 is 29.2. The molecule has 0 saturated carbocycles. The number of H-pyrrole nitrogens is 1. The molecular formula is C14H28N6O2S. The number of rotatable bonds is 8. The molecule has 23 heavy (non-hydrogen) atoms. The van der Waals surface area contributed by atoms with Gasteiger partial charge in [0.25, 0.3) is 10.2 Å². The number of likely N-dealkylation sites (tertiary alicyclic amines) is 1. The molecule has 0 unspecified atom stereocenters. The Morgan fingerprint density at radius 2 is 2.22 bits per heavy atom. The molecule has 0 amide bonds. The van der Waals surface area contributed by atoms with Crippen LogP contribution in [0.1, 0.15) is 39.3 Å². The highest BCUT2D eigenvalue weighted by molar-refractivity contribution is 7.87. The van der Waals surface area contributed by atoms with Crippen LogP contribution in [0, 0.1) is 5.92 Å². The molecule has 132 valence electrons. The minimum Gasteiger partial charge on any atom is -0.295 e. The summed E-state index contributed by atoms with van der Waals surface area (Å²) >= 11 is 0. The SMILES string of the molecule is CCC[C@H]1CN(Cc2cn[nH]n2)C[C@@H]1NS(=O)(=O)N(C)C(C)C. The van der Waals surface area contributed by atoms with Gasteiger partial charge in [-0.2, -0.15) is 32.9 Å². The number of hydrogen-bond donors (Lipinski definition) is 2. The van der Waals surface area contributed by atoms with Crippen molar-refractivity contribution < 1.29 is 8.42 Å². The Morgan fingerprint density at radius 3 is 2.78 bits per heavy atom. The lowest BCUT2D eigenvalue weighted by Gasteiger charge is -2.26. The van der Waals surface area contributed by atoms with E-state index in [0.29, 0.717) is 19.0 Å². The molecule has 1 aromatic rings. The van der Waals surface area contributed by atoms with Crippen molar-refractivity contribution in [1.82, 2.24) is 29.3 Å². The van der Waals surface area contributed by atoms with Gasteiger partial charge in [0, 0.05) is 38.8 Å². The summed E-state index contributed by atoms with van der Waals surface area (Å²) in [7, 11) is -1.84. The van der Waals surface area contributed by atoms with Crippen molar-refractivity contribution in [2.45, 2.75) is 52.2 Å². The van der Waals surface area contributed by atoms with E-state index in [2.05, 4.69) is 32.0 Å². The highest BCUT2D eigenvalue weighted by Crippen LogP contribution is 2.24. The standard InChI is InChI=1S/C14H28N6O2S/c1-5-6-12-8-20(9-13-7-15-18-16-13)10-14(12)17-23(21,22)19(4)11(2)3/h7,11-12,14,17H,5-6,8-10H2,1-4H3,(H,15,16,18)/t12-,14-/m0/s1. The van der Waals surface area contributed by atoms with Gasteiger partial charge in [0.2, 0.25) is 0 Å². The summed E-state index contributed by atoms with van der Waals surface area (Å²) in [5.74, 6) is 0.322. The number of hydrogen-bond acceptors (Lipinski definition) is 5. The first-order valence-electron chi connectivity index (χ1n) is 8.15. The number of nitrogens with one attached hydrogen (secondary N) is 2. The maximum atomic E-state index is 12.5. The van der Waals surface area contributed by atoms with Gasteiger partial charge in [-0.05, 0) is 26.2 Å². The molecule has 2 atom stereocenters. The first kappa shape index (κ1) is 18.3. The molecule has 1 fully saturated rings. The lowest BCUT2D eigenvalue weighted by Crippen LogP contribution is -2.48. The Morgan fingerprint density at radius 1 is 1.48 bits per heavy atom. The Labute approximate surface area is 138 Å². The van der Waals surface area contributed by atoms with Crippen molar-refractivity contribution in [3.63, 3.8) is 0 Å². The van der Waals surface area contributed by atoms with Crippen LogP contribution >= 0.6 is 0 Å². The van der Waals surface area contributed by atoms with Crippen LogP contribution in [-0.4, -0.2) is 65.3 Å². The summed E-state index contributed by atoms with van der Waals surface area (Å²) in [5.41, 5.74) is 0.878. The van der Waals surface area contributed by atoms with E-state index in [1.807, 2.05) is 13.8 Å². The van der Waals surface area contributed by atoms with Crippen LogP contribution in [0.15, 0.2) is 6.20 Å². The van der Waals surface area contributed by atoms with Crippen LogP contribution in [0.2, 0.25) is 0 Å². The molecular weight excluding hydrogens is 316 g/mol. The third kappa shape index (κ3) is 4.72. The Balaban J connectivity index is 2.03. The summed E-state index contributed by atoms with van der Waals surface area (Å²) in [6.07, 6.45) is 3.76. The molecule has 0 aromatic carbocycles. The van der Waals surface area contributed by atoms with Crippen molar-refractivity contribution in [1.29, 1.82) is 0 Å². The third-order valence-electron chi connectivity index (χ3n) is 4.43. The summed E-state index contributed by atoms with van der Waals surface area (Å²) in [6, 6.07) is -0.127. The van der Waals surface area contributed by atoms with Crippen LogP contribution in [0.4, 0.5) is 0 Å². The highest BCUT2D eigenvalue weighted by atomic mass is 32.2. The molecule has 0 spiro atoms. The molecule has 0 aliphatic carbocycles. The van der Waals surface area contributed by atoms with E-state index in [1.165, 1.54) is 4.31 Å². The molecule has 0 bridgehead atoms. The van der Waals surface area contributed by atoms with Crippen molar-refractivity contribution in [3.05, 3.63) is 11.9 Å². The second-order valence-electron chi connectivity index (χ2n) is 6.54. The van der Waals surface area contributed by atoms with Gasteiger partial charge in [-0.1, -0.05) is 13.3 Å².